The van der Waals surface area contributed by atoms with Crippen molar-refractivity contribution in [1.82, 2.24) is 20.4 Å². The third-order valence-corrected chi connectivity index (χ3v) is 5.29. The highest BCUT2D eigenvalue weighted by molar-refractivity contribution is 14.0. The first-order chi connectivity index (χ1) is 13.0. The van der Waals surface area contributed by atoms with E-state index in [4.69, 9.17) is 4.99 Å². The first-order valence-corrected chi connectivity index (χ1v) is 10.3. The van der Waals surface area contributed by atoms with Crippen LogP contribution in [0.5, 0.6) is 0 Å². The Morgan fingerprint density at radius 2 is 1.93 bits per heavy atom. The molecule has 1 aromatic carbocycles. The molecule has 1 saturated heterocycles. The first kappa shape index (κ1) is 23.3. The van der Waals surface area contributed by atoms with Gasteiger partial charge in [-0.3, -0.25) is 0 Å². The van der Waals surface area contributed by atoms with Gasteiger partial charge in [-0.2, -0.15) is 0 Å². The lowest BCUT2D eigenvalue weighted by Crippen LogP contribution is -2.49. The number of piperidine rings is 1. The molecule has 1 saturated carbocycles. The Balaban J connectivity index is 0.00000280. The van der Waals surface area contributed by atoms with Gasteiger partial charge in [0, 0.05) is 43.8 Å². The van der Waals surface area contributed by atoms with E-state index in [0.29, 0.717) is 19.1 Å². The van der Waals surface area contributed by atoms with Crippen LogP contribution < -0.4 is 10.6 Å². The van der Waals surface area contributed by atoms with E-state index in [1.807, 2.05) is 31.1 Å². The number of guanidine groups is 1. The number of hydrogen-bond acceptors (Lipinski definition) is 3. The number of benzene rings is 1. The van der Waals surface area contributed by atoms with Crippen molar-refractivity contribution in [3.05, 3.63) is 35.1 Å². The zero-order valence-corrected chi connectivity index (χ0v) is 19.7. The second-order valence-corrected chi connectivity index (χ2v) is 8.04. The molecule has 5 nitrogen and oxygen atoms in total. The van der Waals surface area contributed by atoms with Crippen LogP contribution in [0.15, 0.2) is 23.2 Å². The van der Waals surface area contributed by atoms with Crippen LogP contribution in [0.1, 0.15) is 43.7 Å². The molecule has 2 fully saturated rings. The van der Waals surface area contributed by atoms with Gasteiger partial charge in [-0.05, 0) is 64.4 Å². The van der Waals surface area contributed by atoms with E-state index in [1.54, 1.807) is 6.07 Å². The van der Waals surface area contributed by atoms with E-state index in [1.165, 1.54) is 38.8 Å². The van der Waals surface area contributed by atoms with E-state index in [2.05, 4.69) is 22.5 Å². The van der Waals surface area contributed by atoms with Crippen LogP contribution in [-0.2, 0) is 13.1 Å². The van der Waals surface area contributed by atoms with Gasteiger partial charge in [0.2, 0.25) is 0 Å². The number of nitrogens with one attached hydrogen (secondary N) is 2. The Hall–Kier alpha value is -0.930. The van der Waals surface area contributed by atoms with Crippen LogP contribution in [0.2, 0.25) is 0 Å². The average molecular weight is 503 g/mol. The summed E-state index contributed by atoms with van der Waals surface area (Å²) < 4.78 is 14.0. The lowest BCUT2D eigenvalue weighted by Gasteiger charge is -2.33. The highest BCUT2D eigenvalue weighted by Crippen LogP contribution is 2.29. The number of halogens is 2. The third-order valence-electron chi connectivity index (χ3n) is 5.29. The van der Waals surface area contributed by atoms with E-state index < -0.39 is 0 Å². The van der Waals surface area contributed by atoms with Crippen LogP contribution >= 0.6 is 24.0 Å². The van der Waals surface area contributed by atoms with Crippen LogP contribution in [0.3, 0.4) is 0 Å². The minimum atomic E-state index is -0.149. The summed E-state index contributed by atoms with van der Waals surface area (Å²) in [6.07, 6.45) is 5.11. The maximum atomic E-state index is 14.0. The second-order valence-electron chi connectivity index (χ2n) is 8.04. The van der Waals surface area contributed by atoms with Crippen LogP contribution in [0.25, 0.3) is 0 Å². The number of nitrogens with zero attached hydrogens (tertiary/aromatic N) is 3. The molecule has 7 heteroatoms. The van der Waals surface area contributed by atoms with E-state index in [0.717, 1.165) is 29.7 Å². The molecular weight excluding hydrogens is 468 g/mol. The molecular formula is C21H35FIN5. The highest BCUT2D eigenvalue weighted by Gasteiger charge is 2.31. The molecule has 1 aliphatic heterocycles. The van der Waals surface area contributed by atoms with Crippen molar-refractivity contribution < 1.29 is 4.39 Å². The minimum absolute atomic E-state index is 0. The monoisotopic (exact) mass is 503 g/mol. The molecule has 1 heterocycles. The lowest BCUT2D eigenvalue weighted by molar-refractivity contribution is 0.197. The van der Waals surface area contributed by atoms with E-state index >= 15 is 0 Å². The van der Waals surface area contributed by atoms with Gasteiger partial charge in [0.25, 0.3) is 0 Å². The molecule has 158 valence electrons. The van der Waals surface area contributed by atoms with Gasteiger partial charge in [0.1, 0.15) is 5.82 Å². The number of hydrogen-bond donors (Lipinski definition) is 2. The standard InChI is InChI=1S/C21H34FN5.HI/c1-4-23-21(25-18-9-11-27(12-10-18)19-6-7-19)24-14-16-5-8-20(22)17(13-16)15-26(2)3;/h5,8,13,18-19H,4,6-7,9-12,14-15H2,1-3H3,(H2,23,24,25);1H. The van der Waals surface area contributed by atoms with Gasteiger partial charge in [0.15, 0.2) is 5.96 Å². The predicted molar refractivity (Wildman–Crippen MR) is 125 cm³/mol. The zero-order chi connectivity index (χ0) is 19.2. The van der Waals surface area contributed by atoms with Crippen molar-refractivity contribution in [3.8, 4) is 0 Å². The molecule has 0 spiro atoms. The molecule has 2 aliphatic rings. The molecule has 1 aromatic rings. The predicted octanol–water partition coefficient (Wildman–Crippen LogP) is 3.19. The fraction of sp³-hybridized carbons (Fsp3) is 0.667. The summed E-state index contributed by atoms with van der Waals surface area (Å²) in [5.41, 5.74) is 1.76. The van der Waals surface area contributed by atoms with E-state index in [-0.39, 0.29) is 29.8 Å². The smallest absolute Gasteiger partial charge is 0.191 e. The number of aliphatic imine (C=N–C) groups is 1. The van der Waals surface area contributed by atoms with Gasteiger partial charge in [-0.1, -0.05) is 6.07 Å². The summed E-state index contributed by atoms with van der Waals surface area (Å²) in [6, 6.07) is 6.65. The second kappa shape index (κ2) is 11.3. The molecule has 3 rings (SSSR count). The maximum absolute atomic E-state index is 14.0. The molecule has 28 heavy (non-hydrogen) atoms. The topological polar surface area (TPSA) is 42.9 Å². The summed E-state index contributed by atoms with van der Waals surface area (Å²) in [7, 11) is 3.90. The molecule has 1 aliphatic carbocycles. The van der Waals surface area contributed by atoms with Gasteiger partial charge in [-0.15, -0.1) is 24.0 Å². The molecule has 0 atom stereocenters. The molecule has 0 amide bonds. The third kappa shape index (κ3) is 7.15. The normalized spacial score (nSPS) is 18.8. The van der Waals surface area contributed by atoms with Gasteiger partial charge in [-0.25, -0.2) is 9.38 Å². The lowest BCUT2D eigenvalue weighted by atomic mass is 10.1. The quantitative estimate of drug-likeness (QED) is 0.341. The van der Waals surface area contributed by atoms with Crippen molar-refractivity contribution in [1.29, 1.82) is 0 Å². The Morgan fingerprint density at radius 1 is 1.21 bits per heavy atom. The summed E-state index contributed by atoms with van der Waals surface area (Å²) in [6.45, 7) is 6.45. The van der Waals surface area contributed by atoms with Crippen molar-refractivity contribution in [3.63, 3.8) is 0 Å². The average Bonchev–Trinajstić information content (AvgIpc) is 3.48. The van der Waals surface area contributed by atoms with Crippen LogP contribution in [0, 0.1) is 5.82 Å². The summed E-state index contributed by atoms with van der Waals surface area (Å²) in [5, 5.41) is 6.94. The Bertz CT molecular complexity index is 640. The summed E-state index contributed by atoms with van der Waals surface area (Å²) in [4.78, 5) is 9.35. The Labute approximate surface area is 186 Å². The molecule has 0 radical (unpaired) electrons. The van der Waals surface area contributed by atoms with Crippen molar-refractivity contribution >= 4 is 29.9 Å². The van der Waals surface area contributed by atoms with E-state index in [9.17, 15) is 4.39 Å². The minimum Gasteiger partial charge on any atom is -0.357 e. The zero-order valence-electron chi connectivity index (χ0n) is 17.4. The molecule has 0 bridgehead atoms. The Morgan fingerprint density at radius 3 is 2.54 bits per heavy atom. The van der Waals surface area contributed by atoms with Crippen molar-refractivity contribution in [2.75, 3.05) is 33.7 Å². The SMILES string of the molecule is CCNC(=NCc1ccc(F)c(CN(C)C)c1)NC1CCN(C2CC2)CC1.I. The fourth-order valence-electron chi connectivity index (χ4n) is 3.72. The largest absolute Gasteiger partial charge is 0.357 e. The summed E-state index contributed by atoms with van der Waals surface area (Å²) in [5.74, 6) is 0.713. The molecule has 0 aromatic heterocycles. The Kier molecular flexibility index (Phi) is 9.43. The fourth-order valence-corrected chi connectivity index (χ4v) is 3.72. The number of likely N-dealkylation sites (tertiary alicyclic amines) is 1. The molecule has 2 N–H and O–H groups in total. The maximum Gasteiger partial charge on any atom is 0.191 e. The molecule has 0 unspecified atom stereocenters. The van der Waals surface area contributed by atoms with Crippen LogP contribution in [-0.4, -0.2) is 61.6 Å². The van der Waals surface area contributed by atoms with Gasteiger partial charge in [0.05, 0.1) is 6.54 Å². The number of rotatable bonds is 7. The van der Waals surface area contributed by atoms with Crippen molar-refractivity contribution in [2.24, 2.45) is 4.99 Å². The van der Waals surface area contributed by atoms with Gasteiger partial charge < -0.3 is 20.4 Å². The first-order valence-electron chi connectivity index (χ1n) is 10.3. The highest BCUT2D eigenvalue weighted by atomic mass is 127. The van der Waals surface area contributed by atoms with Gasteiger partial charge >= 0.3 is 0 Å². The summed E-state index contributed by atoms with van der Waals surface area (Å²) >= 11 is 0. The van der Waals surface area contributed by atoms with Crippen LogP contribution in [0.4, 0.5) is 4.39 Å². The van der Waals surface area contributed by atoms with Crippen molar-refractivity contribution in [2.45, 2.75) is 57.8 Å².